The number of carbonyl (C=O) groups is 2. The van der Waals surface area contributed by atoms with Gasteiger partial charge in [-0.05, 0) is 55.5 Å². The summed E-state index contributed by atoms with van der Waals surface area (Å²) in [4.78, 5) is 25.7. The lowest BCUT2D eigenvalue weighted by Crippen LogP contribution is -2.60. The maximum absolute atomic E-state index is 13.1. The Bertz CT molecular complexity index is 1280. The van der Waals surface area contributed by atoms with Crippen LogP contribution in [0.15, 0.2) is 30.3 Å². The van der Waals surface area contributed by atoms with E-state index in [2.05, 4.69) is 24.5 Å². The van der Waals surface area contributed by atoms with E-state index < -0.39 is 43.3 Å². The fraction of sp³-hybridized carbons (Fsp3) is 0.548. The Kier molecular flexibility index (Phi) is 13.7. The highest BCUT2D eigenvalue weighted by Crippen LogP contribution is 2.39. The second kappa shape index (κ2) is 16.7. The van der Waals surface area contributed by atoms with Crippen LogP contribution >= 0.6 is 23.2 Å². The third kappa shape index (κ3) is 9.04. The molecule has 6 atom stereocenters. The third-order valence-corrected chi connectivity index (χ3v) is 8.22. The zero-order valence-electron chi connectivity index (χ0n) is 25.5. The first kappa shape index (κ1) is 36.0. The highest BCUT2D eigenvalue weighted by Gasteiger charge is 2.47. The number of esters is 1. The second-order valence-electron chi connectivity index (χ2n) is 11.1. The van der Waals surface area contributed by atoms with E-state index in [0.29, 0.717) is 18.0 Å². The van der Waals surface area contributed by atoms with Crippen LogP contribution in [0.1, 0.15) is 53.7 Å². The number of ether oxygens (including phenoxy) is 4. The van der Waals surface area contributed by atoms with Crippen molar-refractivity contribution in [3.63, 3.8) is 0 Å². The summed E-state index contributed by atoms with van der Waals surface area (Å²) in [6.45, 7) is 5.74. The number of aliphatic hydroxyl groups is 3. The fourth-order valence-electron chi connectivity index (χ4n) is 4.80. The molecule has 2 aromatic carbocycles. The average molecular weight is 658 g/mol. The molecule has 0 radical (unpaired) electrons. The number of nitrogens with one attached hydrogen (secondary N) is 2. The normalized spacial score (nSPS) is 22.5. The number of likely N-dealkylation sites (N-methyl/N-ethyl adjacent to an activating group) is 1. The zero-order chi connectivity index (χ0) is 32.6. The number of amides is 1. The van der Waals surface area contributed by atoms with E-state index in [9.17, 15) is 24.9 Å². The molecule has 1 aliphatic rings. The number of methoxy groups -OCH3 is 1. The number of halogens is 2. The Morgan fingerprint density at radius 3 is 2.43 bits per heavy atom. The average Bonchev–Trinajstić information content (AvgIpc) is 3.00. The van der Waals surface area contributed by atoms with E-state index in [0.717, 1.165) is 24.0 Å². The van der Waals surface area contributed by atoms with E-state index in [-0.39, 0.29) is 39.9 Å². The van der Waals surface area contributed by atoms with Crippen molar-refractivity contribution in [2.75, 3.05) is 20.8 Å². The Morgan fingerprint density at radius 1 is 1.09 bits per heavy atom. The van der Waals surface area contributed by atoms with Crippen molar-refractivity contribution in [1.82, 2.24) is 10.6 Å². The molecule has 1 saturated heterocycles. The highest BCUT2D eigenvalue weighted by atomic mass is 35.5. The highest BCUT2D eigenvalue weighted by molar-refractivity contribution is 6.38. The molecule has 1 amide bonds. The fourth-order valence-corrected chi connectivity index (χ4v) is 5.37. The van der Waals surface area contributed by atoms with Crippen LogP contribution in [0, 0.1) is 12.8 Å². The topological polar surface area (TPSA) is 156 Å². The lowest BCUT2D eigenvalue weighted by molar-refractivity contribution is -0.293. The first-order valence-electron chi connectivity index (χ1n) is 14.4. The molecule has 5 N–H and O–H groups in total. The predicted molar refractivity (Wildman–Crippen MR) is 165 cm³/mol. The maximum Gasteiger partial charge on any atom is 0.339 e. The summed E-state index contributed by atoms with van der Waals surface area (Å²) >= 11 is 13.0. The van der Waals surface area contributed by atoms with E-state index in [1.165, 1.54) is 13.2 Å². The number of hydrogen-bond acceptors (Lipinski definition) is 10. The van der Waals surface area contributed by atoms with Gasteiger partial charge in [0.25, 0.3) is 0 Å². The van der Waals surface area contributed by atoms with Crippen LogP contribution < -0.4 is 15.4 Å². The van der Waals surface area contributed by atoms with Gasteiger partial charge in [0.2, 0.25) is 5.91 Å². The van der Waals surface area contributed by atoms with Crippen LogP contribution in [0.4, 0.5) is 0 Å². The van der Waals surface area contributed by atoms with Crippen molar-refractivity contribution in [2.24, 2.45) is 5.92 Å². The summed E-state index contributed by atoms with van der Waals surface area (Å²) in [6.07, 6.45) is -5.13. The number of rotatable bonds is 14. The first-order chi connectivity index (χ1) is 20.9. The molecule has 0 aliphatic carbocycles. The van der Waals surface area contributed by atoms with Gasteiger partial charge in [-0.15, -0.1) is 0 Å². The lowest BCUT2D eigenvalue weighted by Gasteiger charge is -2.40. The molecular weight excluding hydrogens is 615 g/mol. The molecule has 0 aromatic heterocycles. The largest absolute Gasteiger partial charge is 0.486 e. The summed E-state index contributed by atoms with van der Waals surface area (Å²) in [5, 5.41) is 36.3. The van der Waals surface area contributed by atoms with Gasteiger partial charge in [0, 0.05) is 13.7 Å². The van der Waals surface area contributed by atoms with E-state index in [1.807, 2.05) is 24.3 Å². The van der Waals surface area contributed by atoms with Gasteiger partial charge in [-0.25, -0.2) is 4.79 Å². The molecule has 1 fully saturated rings. The monoisotopic (exact) mass is 656 g/mol. The second-order valence-corrected chi connectivity index (χ2v) is 11.9. The Hall–Kier alpha value is -2.48. The molecule has 0 bridgehead atoms. The van der Waals surface area contributed by atoms with E-state index >= 15 is 0 Å². The maximum atomic E-state index is 13.1. The molecule has 1 aliphatic heterocycles. The number of aliphatic hydroxyl groups excluding tert-OH is 3. The molecule has 1 heterocycles. The van der Waals surface area contributed by atoms with Crippen molar-refractivity contribution in [2.45, 2.75) is 83.5 Å². The van der Waals surface area contributed by atoms with Gasteiger partial charge >= 0.3 is 5.97 Å². The van der Waals surface area contributed by atoms with Gasteiger partial charge < -0.3 is 44.9 Å². The molecule has 0 spiro atoms. The summed E-state index contributed by atoms with van der Waals surface area (Å²) in [6, 6.07) is 8.62. The standard InChI is InChI=1S/C31H42Cl2N2O9/c1-16(2)9-10-22(34-4)29(39)35-13-18-7-6-8-19(11-18)15-42-27-21(32)12-20(17(3)24(27)33)30(40)44-28-26(38)25(37)23(14-36)43-31(28)41-5/h6-8,11-12,16,22-23,25-26,28,31,34,36-38H,9-10,13-15H2,1-5H3,(H,35,39)/t22-,23+,25+,26-,28+,31-/m0/s1. The van der Waals surface area contributed by atoms with Crippen LogP contribution in [0.3, 0.4) is 0 Å². The molecule has 11 nitrogen and oxygen atoms in total. The van der Waals surface area contributed by atoms with Crippen molar-refractivity contribution < 1.29 is 43.9 Å². The number of hydrogen-bond donors (Lipinski definition) is 5. The summed E-state index contributed by atoms with van der Waals surface area (Å²) in [7, 11) is 3.05. The Balaban J connectivity index is 1.66. The molecule has 2 aromatic rings. The van der Waals surface area contributed by atoms with Crippen molar-refractivity contribution in [3.05, 3.63) is 62.6 Å². The third-order valence-electron chi connectivity index (χ3n) is 7.48. The SMILES string of the molecule is CN[C@@H](CCC(C)C)C(=O)NCc1cccc(COc2c(Cl)cc(C(=O)O[C@H]3[C@@H](OC)O[C@H](CO)[C@@H](O)[C@@H]3O)c(C)c2Cl)c1. The van der Waals surface area contributed by atoms with Crippen LogP contribution in [0.5, 0.6) is 5.75 Å². The van der Waals surface area contributed by atoms with Crippen LogP contribution in [0.2, 0.25) is 10.0 Å². The van der Waals surface area contributed by atoms with E-state index in [1.54, 1.807) is 14.0 Å². The summed E-state index contributed by atoms with van der Waals surface area (Å²) in [5.41, 5.74) is 2.03. The molecule has 0 saturated carbocycles. The minimum Gasteiger partial charge on any atom is -0.486 e. The van der Waals surface area contributed by atoms with Gasteiger partial charge in [-0.1, -0.05) is 61.3 Å². The van der Waals surface area contributed by atoms with Gasteiger partial charge in [0.1, 0.15) is 24.9 Å². The molecule has 3 rings (SSSR count). The molecular formula is C31H42Cl2N2O9. The lowest BCUT2D eigenvalue weighted by atomic mass is 9.99. The Morgan fingerprint density at radius 2 is 1.80 bits per heavy atom. The van der Waals surface area contributed by atoms with Crippen molar-refractivity contribution in [3.8, 4) is 5.75 Å². The predicted octanol–water partition coefficient (Wildman–Crippen LogP) is 3.13. The molecule has 13 heteroatoms. The number of carbonyl (C=O) groups excluding carboxylic acids is 2. The van der Waals surface area contributed by atoms with Gasteiger partial charge in [-0.2, -0.15) is 0 Å². The van der Waals surface area contributed by atoms with Gasteiger partial charge in [0.05, 0.1) is 28.3 Å². The summed E-state index contributed by atoms with van der Waals surface area (Å²) < 4.78 is 21.9. The quantitative estimate of drug-likeness (QED) is 0.192. The van der Waals surface area contributed by atoms with Crippen LogP contribution in [0.25, 0.3) is 0 Å². The first-order valence-corrected chi connectivity index (χ1v) is 15.2. The summed E-state index contributed by atoms with van der Waals surface area (Å²) in [5.74, 6) is -0.269. The van der Waals surface area contributed by atoms with Crippen LogP contribution in [-0.2, 0) is 32.2 Å². The van der Waals surface area contributed by atoms with Gasteiger partial charge in [0.15, 0.2) is 18.1 Å². The van der Waals surface area contributed by atoms with Crippen molar-refractivity contribution >= 4 is 35.1 Å². The van der Waals surface area contributed by atoms with Crippen molar-refractivity contribution in [1.29, 1.82) is 0 Å². The Labute approximate surface area is 267 Å². The smallest absolute Gasteiger partial charge is 0.339 e. The molecule has 0 unspecified atom stereocenters. The number of benzene rings is 2. The minimum absolute atomic E-state index is 0.0131. The molecule has 44 heavy (non-hydrogen) atoms. The van der Waals surface area contributed by atoms with Crippen LogP contribution in [-0.4, -0.2) is 84.7 Å². The zero-order valence-corrected chi connectivity index (χ0v) is 27.0. The van der Waals surface area contributed by atoms with Gasteiger partial charge in [-0.3, -0.25) is 4.79 Å². The minimum atomic E-state index is -1.58. The van der Waals surface area contributed by atoms with E-state index in [4.69, 9.17) is 42.1 Å². The molecule has 244 valence electrons.